The minimum atomic E-state index is -0.0373. The number of hydrogen-bond donors (Lipinski definition) is 0. The lowest BCUT2D eigenvalue weighted by atomic mass is 10.1. The van der Waals surface area contributed by atoms with Crippen LogP contribution in [0.25, 0.3) is 0 Å². The van der Waals surface area contributed by atoms with Gasteiger partial charge >= 0.3 is 0 Å². The standard InChI is InChI=1S/C5H12O3S/c1-4-5(2,3)9-8-7-6/h6H,4H2,1-3H3/p-1. The van der Waals surface area contributed by atoms with Gasteiger partial charge in [-0.3, -0.25) is 5.04 Å². The lowest BCUT2D eigenvalue weighted by Crippen LogP contribution is -2.15. The Hall–Kier alpha value is 0.230. The second-order valence-electron chi connectivity index (χ2n) is 2.33. The molecule has 4 heteroatoms. The molecule has 56 valence electrons. The summed E-state index contributed by atoms with van der Waals surface area (Å²) in [7, 11) is 0. The SMILES string of the molecule is CCC(C)(C)SOO[O-]. The van der Waals surface area contributed by atoms with E-state index in [-0.39, 0.29) is 4.75 Å². The predicted molar refractivity (Wildman–Crippen MR) is 34.1 cm³/mol. The van der Waals surface area contributed by atoms with E-state index >= 15 is 0 Å². The zero-order chi connectivity index (χ0) is 7.33. The molecule has 3 nitrogen and oxygen atoms in total. The molecule has 0 bridgehead atoms. The van der Waals surface area contributed by atoms with Gasteiger partial charge in [0.1, 0.15) is 0 Å². The van der Waals surface area contributed by atoms with Gasteiger partial charge in [0, 0.05) is 16.8 Å². The molecule has 0 aliphatic carbocycles. The monoisotopic (exact) mass is 151 g/mol. The van der Waals surface area contributed by atoms with Crippen LogP contribution in [0.5, 0.6) is 0 Å². The highest BCUT2D eigenvalue weighted by molar-refractivity contribution is 7.95. The van der Waals surface area contributed by atoms with Gasteiger partial charge in [-0.25, -0.2) is 0 Å². The maximum absolute atomic E-state index is 9.35. The zero-order valence-corrected chi connectivity index (χ0v) is 6.66. The van der Waals surface area contributed by atoms with Crippen LogP contribution in [0.15, 0.2) is 0 Å². The first-order chi connectivity index (χ1) is 4.12. The summed E-state index contributed by atoms with van der Waals surface area (Å²) >= 11 is 1.04. The van der Waals surface area contributed by atoms with Crippen LogP contribution in [0.4, 0.5) is 0 Å². The molecule has 0 amide bonds. The van der Waals surface area contributed by atoms with Crippen molar-refractivity contribution in [1.82, 2.24) is 0 Å². The average molecular weight is 151 g/mol. The van der Waals surface area contributed by atoms with Gasteiger partial charge < -0.3 is 5.26 Å². The average Bonchev–Trinajstić information content (AvgIpc) is 1.84. The molecular weight excluding hydrogens is 140 g/mol. The normalized spacial score (nSPS) is 12.0. The molecule has 0 saturated carbocycles. The molecule has 0 aromatic carbocycles. The van der Waals surface area contributed by atoms with Crippen LogP contribution in [0.3, 0.4) is 0 Å². The van der Waals surface area contributed by atoms with Gasteiger partial charge in [0.2, 0.25) is 0 Å². The molecule has 0 aromatic heterocycles. The van der Waals surface area contributed by atoms with E-state index in [1.165, 1.54) is 0 Å². The molecule has 0 spiro atoms. The molecule has 0 heterocycles. The van der Waals surface area contributed by atoms with E-state index in [1.807, 2.05) is 20.8 Å². The van der Waals surface area contributed by atoms with Crippen LogP contribution in [-0.2, 0) is 9.37 Å². The molecule has 0 unspecified atom stereocenters. The van der Waals surface area contributed by atoms with Gasteiger partial charge in [0.15, 0.2) is 0 Å². The summed E-state index contributed by atoms with van der Waals surface area (Å²) in [6.45, 7) is 5.95. The Bertz CT molecular complexity index is 74.6. The van der Waals surface area contributed by atoms with Crippen LogP contribution in [0.1, 0.15) is 27.2 Å². The molecule has 0 atom stereocenters. The largest absolute Gasteiger partial charge is 0.691 e. The Morgan fingerprint density at radius 2 is 2.11 bits per heavy atom. The lowest BCUT2D eigenvalue weighted by Gasteiger charge is -2.19. The summed E-state index contributed by atoms with van der Waals surface area (Å²) in [5.41, 5.74) is 0. The second-order valence-corrected chi connectivity index (χ2v) is 3.74. The first-order valence-electron chi connectivity index (χ1n) is 2.76. The quantitative estimate of drug-likeness (QED) is 0.342. The van der Waals surface area contributed by atoms with Gasteiger partial charge in [-0.1, -0.05) is 6.92 Å². The maximum atomic E-state index is 9.35. The van der Waals surface area contributed by atoms with Crippen LogP contribution in [-0.4, -0.2) is 4.75 Å². The van der Waals surface area contributed by atoms with Crippen LogP contribution in [0, 0.1) is 0 Å². The summed E-state index contributed by atoms with van der Waals surface area (Å²) < 4.78 is 4.11. The smallest absolute Gasteiger partial charge is 0.0395 e. The second kappa shape index (κ2) is 4.11. The Labute approximate surface area is 59.4 Å². The van der Waals surface area contributed by atoms with Crippen molar-refractivity contribution in [3.8, 4) is 0 Å². The third kappa shape index (κ3) is 4.72. The van der Waals surface area contributed by atoms with Crippen LogP contribution in [0.2, 0.25) is 0 Å². The van der Waals surface area contributed by atoms with Crippen molar-refractivity contribution in [2.24, 2.45) is 0 Å². The van der Waals surface area contributed by atoms with E-state index in [0.29, 0.717) is 0 Å². The topological polar surface area (TPSA) is 41.5 Å². The van der Waals surface area contributed by atoms with Crippen molar-refractivity contribution in [3.63, 3.8) is 0 Å². The van der Waals surface area contributed by atoms with Gasteiger partial charge in [-0.2, -0.15) is 4.33 Å². The van der Waals surface area contributed by atoms with Crippen molar-refractivity contribution in [2.75, 3.05) is 0 Å². The Balaban J connectivity index is 3.33. The molecule has 0 saturated heterocycles. The Kier molecular flexibility index (Phi) is 4.22. The third-order valence-electron chi connectivity index (χ3n) is 1.14. The molecular formula is C5H11O3S-. The molecule has 0 N–H and O–H groups in total. The minimum absolute atomic E-state index is 0.0373. The first kappa shape index (κ1) is 9.23. The number of rotatable bonds is 4. The van der Waals surface area contributed by atoms with Crippen molar-refractivity contribution in [3.05, 3.63) is 0 Å². The summed E-state index contributed by atoms with van der Waals surface area (Å²) in [6, 6.07) is 0. The summed E-state index contributed by atoms with van der Waals surface area (Å²) in [4.78, 5) is 0. The van der Waals surface area contributed by atoms with Gasteiger partial charge in [-0.15, -0.1) is 0 Å². The summed E-state index contributed by atoms with van der Waals surface area (Å²) in [6.07, 6.45) is 0.932. The van der Waals surface area contributed by atoms with Crippen LogP contribution >= 0.6 is 12.0 Å². The zero-order valence-electron chi connectivity index (χ0n) is 5.84. The fraction of sp³-hybridized carbons (Fsp3) is 1.00. The third-order valence-corrected chi connectivity index (χ3v) is 2.00. The fourth-order valence-electron chi connectivity index (χ4n) is 0.165. The van der Waals surface area contributed by atoms with Gasteiger partial charge in [0.05, 0.1) is 0 Å². The van der Waals surface area contributed by atoms with E-state index in [1.54, 1.807) is 0 Å². The lowest BCUT2D eigenvalue weighted by molar-refractivity contribution is -0.777. The van der Waals surface area contributed by atoms with Gasteiger partial charge in [0.25, 0.3) is 0 Å². The van der Waals surface area contributed by atoms with Crippen molar-refractivity contribution in [2.45, 2.75) is 31.9 Å². The Morgan fingerprint density at radius 3 is 2.44 bits per heavy atom. The highest BCUT2D eigenvalue weighted by Crippen LogP contribution is 2.27. The van der Waals surface area contributed by atoms with E-state index < -0.39 is 0 Å². The highest BCUT2D eigenvalue weighted by atomic mass is 32.2. The van der Waals surface area contributed by atoms with E-state index in [0.717, 1.165) is 18.5 Å². The van der Waals surface area contributed by atoms with Crippen LogP contribution < -0.4 is 5.26 Å². The molecule has 0 aromatic rings. The molecule has 0 fully saturated rings. The van der Waals surface area contributed by atoms with Gasteiger partial charge in [-0.05, 0) is 20.3 Å². The van der Waals surface area contributed by atoms with E-state index in [2.05, 4.69) is 9.37 Å². The van der Waals surface area contributed by atoms with Crippen molar-refractivity contribution in [1.29, 1.82) is 0 Å². The Morgan fingerprint density at radius 1 is 1.56 bits per heavy atom. The summed E-state index contributed by atoms with van der Waals surface area (Å²) in [5, 5.41) is 12.5. The maximum Gasteiger partial charge on any atom is 0.0395 e. The molecule has 0 aliphatic heterocycles. The molecule has 0 radical (unpaired) electrons. The van der Waals surface area contributed by atoms with E-state index in [4.69, 9.17) is 0 Å². The number of hydrogen-bond acceptors (Lipinski definition) is 4. The molecule has 0 rings (SSSR count). The highest BCUT2D eigenvalue weighted by Gasteiger charge is 2.16. The van der Waals surface area contributed by atoms with Crippen molar-refractivity contribution >= 4 is 12.0 Å². The first-order valence-corrected chi connectivity index (χ1v) is 3.51. The predicted octanol–water partition coefficient (Wildman–Crippen LogP) is 1.05. The van der Waals surface area contributed by atoms with E-state index in [9.17, 15) is 5.26 Å². The molecule has 0 aliphatic rings. The fourth-order valence-corrected chi connectivity index (χ4v) is 0.495. The summed E-state index contributed by atoms with van der Waals surface area (Å²) in [5.74, 6) is 0. The van der Waals surface area contributed by atoms with Crippen molar-refractivity contribution < 1.29 is 14.6 Å². The molecule has 9 heavy (non-hydrogen) atoms. The minimum Gasteiger partial charge on any atom is -0.691 e.